The zero-order chi connectivity index (χ0) is 22.0. The molecule has 0 radical (unpaired) electrons. The normalized spacial score (nSPS) is 15.7. The first-order valence-corrected chi connectivity index (χ1v) is 10.2. The summed E-state index contributed by atoms with van der Waals surface area (Å²) in [4.78, 5) is 21.5. The first kappa shape index (κ1) is 20.7. The van der Waals surface area contributed by atoms with Gasteiger partial charge in [0.15, 0.2) is 11.5 Å². The molecule has 8 heteroatoms. The largest absolute Gasteiger partial charge is 0.493 e. The molecule has 0 saturated carbocycles. The van der Waals surface area contributed by atoms with Crippen LogP contribution in [0.1, 0.15) is 35.1 Å². The standard InChI is InChI=1S/C23H26N4O4/c1-26(2)17-10-7-15(8-11-17)23(28)27-13-5-6-18(27)22-24-21(25-31-22)16-9-12-19(29-3)20(14-16)30-4/h7-12,14,18H,5-6,13H2,1-4H3/t18-/m0/s1. The number of carbonyl (C=O) groups excluding carboxylic acids is 1. The van der Waals surface area contributed by atoms with Crippen molar-refractivity contribution in [3.8, 4) is 22.9 Å². The number of hydrogen-bond acceptors (Lipinski definition) is 7. The molecule has 2 heterocycles. The van der Waals surface area contributed by atoms with Crippen molar-refractivity contribution in [1.82, 2.24) is 15.0 Å². The molecule has 3 aromatic rings. The molecule has 1 atom stereocenters. The van der Waals surface area contributed by atoms with Crippen LogP contribution in [0.5, 0.6) is 11.5 Å². The lowest BCUT2D eigenvalue weighted by Crippen LogP contribution is -2.30. The number of benzene rings is 2. The molecule has 0 spiro atoms. The Labute approximate surface area is 181 Å². The van der Waals surface area contributed by atoms with Crippen LogP contribution in [0, 0.1) is 0 Å². The molecule has 1 amide bonds. The SMILES string of the molecule is COc1ccc(-c2noc([C@@H]3CCCN3C(=O)c3ccc(N(C)C)cc3)n2)cc1OC. The van der Waals surface area contributed by atoms with E-state index >= 15 is 0 Å². The lowest BCUT2D eigenvalue weighted by molar-refractivity contribution is 0.0710. The van der Waals surface area contributed by atoms with Crippen LogP contribution >= 0.6 is 0 Å². The Hall–Kier alpha value is -3.55. The van der Waals surface area contributed by atoms with E-state index in [9.17, 15) is 4.79 Å². The zero-order valence-corrected chi connectivity index (χ0v) is 18.2. The molecule has 162 valence electrons. The van der Waals surface area contributed by atoms with Gasteiger partial charge < -0.3 is 23.8 Å². The van der Waals surface area contributed by atoms with Gasteiger partial charge in [0.05, 0.1) is 14.2 Å². The van der Waals surface area contributed by atoms with Gasteiger partial charge in [-0.3, -0.25) is 4.79 Å². The summed E-state index contributed by atoms with van der Waals surface area (Å²) in [6, 6.07) is 12.8. The smallest absolute Gasteiger partial charge is 0.254 e. The summed E-state index contributed by atoms with van der Waals surface area (Å²) < 4.78 is 16.2. The monoisotopic (exact) mass is 422 g/mol. The average Bonchev–Trinajstić information content (AvgIpc) is 3.47. The summed E-state index contributed by atoms with van der Waals surface area (Å²) in [7, 11) is 7.11. The van der Waals surface area contributed by atoms with Gasteiger partial charge in [0, 0.05) is 37.5 Å². The molecule has 0 aliphatic carbocycles. The van der Waals surface area contributed by atoms with E-state index in [2.05, 4.69) is 10.1 Å². The number of methoxy groups -OCH3 is 2. The average molecular weight is 422 g/mol. The van der Waals surface area contributed by atoms with Crippen LogP contribution in [-0.4, -0.2) is 55.8 Å². The van der Waals surface area contributed by atoms with Gasteiger partial charge in [-0.05, 0) is 55.3 Å². The molecular weight excluding hydrogens is 396 g/mol. The van der Waals surface area contributed by atoms with E-state index in [1.54, 1.807) is 26.4 Å². The summed E-state index contributed by atoms with van der Waals surface area (Å²) in [5.74, 6) is 2.08. The molecule has 31 heavy (non-hydrogen) atoms. The van der Waals surface area contributed by atoms with Crippen molar-refractivity contribution in [2.24, 2.45) is 0 Å². The van der Waals surface area contributed by atoms with E-state index in [-0.39, 0.29) is 11.9 Å². The molecule has 1 aromatic heterocycles. The highest BCUT2D eigenvalue weighted by molar-refractivity contribution is 5.95. The van der Waals surface area contributed by atoms with E-state index in [0.29, 0.717) is 35.3 Å². The minimum absolute atomic E-state index is 0.0290. The molecule has 1 aliphatic rings. The van der Waals surface area contributed by atoms with E-state index in [1.165, 1.54) is 0 Å². The fraction of sp³-hybridized carbons (Fsp3) is 0.348. The van der Waals surface area contributed by atoms with Crippen molar-refractivity contribution in [2.45, 2.75) is 18.9 Å². The van der Waals surface area contributed by atoms with E-state index in [4.69, 9.17) is 14.0 Å². The molecule has 0 bridgehead atoms. The number of amides is 1. The van der Waals surface area contributed by atoms with Crippen LogP contribution in [0.2, 0.25) is 0 Å². The minimum Gasteiger partial charge on any atom is -0.493 e. The molecule has 1 aliphatic heterocycles. The number of aromatic nitrogens is 2. The molecule has 0 N–H and O–H groups in total. The highest BCUT2D eigenvalue weighted by Crippen LogP contribution is 2.35. The van der Waals surface area contributed by atoms with Crippen LogP contribution in [0.15, 0.2) is 47.0 Å². The molecule has 4 rings (SSSR count). The predicted octanol–water partition coefficient (Wildman–Crippen LogP) is 3.80. The second-order valence-corrected chi connectivity index (χ2v) is 7.62. The van der Waals surface area contributed by atoms with Gasteiger partial charge in [0.1, 0.15) is 6.04 Å². The fourth-order valence-corrected chi connectivity index (χ4v) is 3.80. The Morgan fingerprint density at radius 1 is 1.10 bits per heavy atom. The molecule has 8 nitrogen and oxygen atoms in total. The molecule has 1 fully saturated rings. The Bertz CT molecular complexity index is 1060. The maximum Gasteiger partial charge on any atom is 0.254 e. The van der Waals surface area contributed by atoms with Gasteiger partial charge >= 0.3 is 0 Å². The van der Waals surface area contributed by atoms with Crippen LogP contribution in [0.4, 0.5) is 5.69 Å². The van der Waals surface area contributed by atoms with Gasteiger partial charge in [-0.1, -0.05) is 5.16 Å². The van der Waals surface area contributed by atoms with E-state index in [1.807, 2.05) is 54.2 Å². The second-order valence-electron chi connectivity index (χ2n) is 7.62. The summed E-state index contributed by atoms with van der Waals surface area (Å²) in [5.41, 5.74) is 2.45. The molecular formula is C23H26N4O4. The van der Waals surface area contributed by atoms with Crippen molar-refractivity contribution < 1.29 is 18.8 Å². The quantitative estimate of drug-likeness (QED) is 0.598. The first-order valence-electron chi connectivity index (χ1n) is 10.2. The van der Waals surface area contributed by atoms with Crippen molar-refractivity contribution in [2.75, 3.05) is 39.8 Å². The maximum absolute atomic E-state index is 13.1. The molecule has 2 aromatic carbocycles. The predicted molar refractivity (Wildman–Crippen MR) is 117 cm³/mol. The number of carbonyl (C=O) groups is 1. The maximum atomic E-state index is 13.1. The van der Waals surface area contributed by atoms with Crippen LogP contribution in [0.3, 0.4) is 0 Å². The number of ether oxygens (including phenoxy) is 2. The molecule has 1 saturated heterocycles. The van der Waals surface area contributed by atoms with Crippen LogP contribution < -0.4 is 14.4 Å². The topological polar surface area (TPSA) is 80.9 Å². The number of anilines is 1. The highest BCUT2D eigenvalue weighted by Gasteiger charge is 2.34. The lowest BCUT2D eigenvalue weighted by atomic mass is 10.1. The Morgan fingerprint density at radius 3 is 2.52 bits per heavy atom. The van der Waals surface area contributed by atoms with Crippen LogP contribution in [-0.2, 0) is 0 Å². The number of likely N-dealkylation sites (tertiary alicyclic amines) is 1. The summed E-state index contributed by atoms with van der Waals surface area (Å²) in [6.45, 7) is 0.660. The Kier molecular flexibility index (Phi) is 5.79. The third-order valence-electron chi connectivity index (χ3n) is 5.51. The van der Waals surface area contributed by atoms with Gasteiger partial charge in [-0.2, -0.15) is 4.98 Å². The van der Waals surface area contributed by atoms with E-state index in [0.717, 1.165) is 24.1 Å². The van der Waals surface area contributed by atoms with Crippen molar-refractivity contribution in [3.63, 3.8) is 0 Å². The first-order chi connectivity index (χ1) is 15.0. The summed E-state index contributed by atoms with van der Waals surface area (Å²) in [6.07, 6.45) is 1.68. The highest BCUT2D eigenvalue weighted by atomic mass is 16.5. The second kappa shape index (κ2) is 8.67. The van der Waals surface area contributed by atoms with E-state index < -0.39 is 0 Å². The lowest BCUT2D eigenvalue weighted by Gasteiger charge is -2.22. The van der Waals surface area contributed by atoms with Crippen molar-refractivity contribution in [1.29, 1.82) is 0 Å². The summed E-state index contributed by atoms with van der Waals surface area (Å²) in [5, 5.41) is 4.13. The zero-order valence-electron chi connectivity index (χ0n) is 18.2. The van der Waals surface area contributed by atoms with Crippen LogP contribution in [0.25, 0.3) is 11.4 Å². The molecule has 0 unspecified atom stereocenters. The third kappa shape index (κ3) is 4.05. The Balaban J connectivity index is 1.56. The van der Waals surface area contributed by atoms with Gasteiger partial charge in [0.25, 0.3) is 5.91 Å². The number of hydrogen-bond donors (Lipinski definition) is 0. The Morgan fingerprint density at radius 2 is 1.84 bits per heavy atom. The van der Waals surface area contributed by atoms with Crippen molar-refractivity contribution in [3.05, 3.63) is 53.9 Å². The van der Waals surface area contributed by atoms with Gasteiger partial charge in [0.2, 0.25) is 11.7 Å². The van der Waals surface area contributed by atoms with Gasteiger partial charge in [-0.25, -0.2) is 0 Å². The minimum atomic E-state index is -0.234. The number of nitrogens with zero attached hydrogens (tertiary/aromatic N) is 4. The summed E-state index contributed by atoms with van der Waals surface area (Å²) >= 11 is 0. The third-order valence-corrected chi connectivity index (χ3v) is 5.51. The fourth-order valence-electron chi connectivity index (χ4n) is 3.80. The van der Waals surface area contributed by atoms with Crippen molar-refractivity contribution >= 4 is 11.6 Å². The number of rotatable bonds is 6. The van der Waals surface area contributed by atoms with Gasteiger partial charge in [-0.15, -0.1) is 0 Å².